The molecule has 1 N–H and O–H groups in total. The van der Waals surface area contributed by atoms with E-state index in [4.69, 9.17) is 23.2 Å². The van der Waals surface area contributed by atoms with Gasteiger partial charge in [0.05, 0.1) is 22.0 Å². The molecule has 0 unspecified atom stereocenters. The van der Waals surface area contributed by atoms with E-state index in [1.165, 1.54) is 4.31 Å². The van der Waals surface area contributed by atoms with E-state index in [0.717, 1.165) is 35.8 Å². The van der Waals surface area contributed by atoms with Crippen LogP contribution in [0.2, 0.25) is 10.0 Å². The molecule has 0 saturated carbocycles. The lowest BCUT2D eigenvalue weighted by Crippen LogP contribution is -2.49. The van der Waals surface area contributed by atoms with Crippen LogP contribution < -0.4 is 9.62 Å². The molecular weight excluding hydrogens is 545 g/mol. The number of hydrogen-bond acceptors (Lipinski definition) is 4. The number of aryl methyl sites for hydroxylation is 2. The van der Waals surface area contributed by atoms with Crippen LogP contribution >= 0.6 is 23.2 Å². The molecule has 2 aromatic rings. The van der Waals surface area contributed by atoms with Crippen molar-refractivity contribution < 1.29 is 18.0 Å². The second kappa shape index (κ2) is 14.8. The summed E-state index contributed by atoms with van der Waals surface area (Å²) in [7, 11) is -3.56. The minimum absolute atomic E-state index is 0.0802. The molecule has 0 aliphatic heterocycles. The summed E-state index contributed by atoms with van der Waals surface area (Å²) in [5.41, 5.74) is 3.24. The van der Waals surface area contributed by atoms with Gasteiger partial charge in [-0.1, -0.05) is 55.6 Å². The van der Waals surface area contributed by atoms with Crippen molar-refractivity contribution in [1.29, 1.82) is 0 Å². The Morgan fingerprint density at radius 2 is 1.63 bits per heavy atom. The van der Waals surface area contributed by atoms with Crippen LogP contribution in [0.1, 0.15) is 62.6 Å². The number of nitrogens with one attached hydrogen (secondary N) is 1. The van der Waals surface area contributed by atoms with E-state index in [2.05, 4.69) is 5.32 Å². The average molecular weight is 585 g/mol. The first-order valence-corrected chi connectivity index (χ1v) is 15.5. The number of anilines is 1. The van der Waals surface area contributed by atoms with Crippen molar-refractivity contribution in [2.45, 2.75) is 72.4 Å². The zero-order chi connectivity index (χ0) is 28.5. The minimum atomic E-state index is -3.56. The third-order valence-electron chi connectivity index (χ3n) is 6.20. The number of benzene rings is 2. The molecule has 210 valence electrons. The van der Waals surface area contributed by atoms with Gasteiger partial charge in [-0.05, 0) is 74.1 Å². The van der Waals surface area contributed by atoms with E-state index < -0.39 is 16.1 Å². The Bertz CT molecular complexity index is 1200. The molecule has 2 amide bonds. The third kappa shape index (κ3) is 9.47. The van der Waals surface area contributed by atoms with Gasteiger partial charge in [-0.15, -0.1) is 0 Å². The van der Waals surface area contributed by atoms with Crippen molar-refractivity contribution in [1.82, 2.24) is 10.2 Å². The van der Waals surface area contributed by atoms with Gasteiger partial charge in [0.2, 0.25) is 21.8 Å². The molecule has 1 atom stereocenters. The quantitative estimate of drug-likeness (QED) is 0.281. The molecule has 0 saturated heterocycles. The first-order chi connectivity index (χ1) is 17.9. The molecule has 38 heavy (non-hydrogen) atoms. The van der Waals surface area contributed by atoms with E-state index in [0.29, 0.717) is 35.1 Å². The number of carbonyl (C=O) groups is 2. The van der Waals surface area contributed by atoms with Crippen molar-refractivity contribution in [2.24, 2.45) is 0 Å². The molecule has 0 aliphatic rings. The predicted molar refractivity (Wildman–Crippen MR) is 156 cm³/mol. The van der Waals surface area contributed by atoms with Crippen molar-refractivity contribution >= 4 is 50.7 Å². The number of amides is 2. The topological polar surface area (TPSA) is 86.8 Å². The summed E-state index contributed by atoms with van der Waals surface area (Å²) in [6.45, 7) is 8.61. The van der Waals surface area contributed by atoms with Crippen LogP contribution in [0.3, 0.4) is 0 Å². The molecule has 0 aromatic heterocycles. The van der Waals surface area contributed by atoms with Crippen LogP contribution in [-0.4, -0.2) is 50.5 Å². The number of hydrogen-bond donors (Lipinski definition) is 1. The van der Waals surface area contributed by atoms with Gasteiger partial charge < -0.3 is 10.2 Å². The number of halogens is 2. The van der Waals surface area contributed by atoms with Crippen LogP contribution in [0.5, 0.6) is 0 Å². The Kier molecular flexibility index (Phi) is 12.4. The Balaban J connectivity index is 2.25. The maximum absolute atomic E-state index is 13.5. The summed E-state index contributed by atoms with van der Waals surface area (Å²) in [4.78, 5) is 28.1. The highest BCUT2D eigenvalue weighted by Crippen LogP contribution is 2.25. The van der Waals surface area contributed by atoms with Gasteiger partial charge >= 0.3 is 0 Å². The Labute approximate surface area is 237 Å². The van der Waals surface area contributed by atoms with Crippen LogP contribution in [-0.2, 0) is 26.2 Å². The molecule has 0 aliphatic carbocycles. The second-order valence-corrected chi connectivity index (χ2v) is 12.3. The van der Waals surface area contributed by atoms with Gasteiger partial charge in [0.25, 0.3) is 0 Å². The SMILES string of the molecule is CCCCNC(=O)[C@@H](CC)N(Cc1ccc(Cl)c(Cl)c1)C(=O)CCCN(c1cc(C)cc(C)c1)S(C)(=O)=O. The summed E-state index contributed by atoms with van der Waals surface area (Å²) >= 11 is 12.3. The van der Waals surface area contributed by atoms with Crippen LogP contribution in [0.25, 0.3) is 0 Å². The van der Waals surface area contributed by atoms with E-state index in [-0.39, 0.29) is 31.3 Å². The molecule has 2 rings (SSSR count). The van der Waals surface area contributed by atoms with E-state index in [1.807, 2.05) is 45.9 Å². The fourth-order valence-electron chi connectivity index (χ4n) is 4.36. The van der Waals surface area contributed by atoms with E-state index in [9.17, 15) is 18.0 Å². The average Bonchev–Trinajstić information content (AvgIpc) is 2.82. The zero-order valence-electron chi connectivity index (χ0n) is 22.9. The number of unbranched alkanes of at least 4 members (excludes halogenated alkanes) is 1. The number of carbonyl (C=O) groups excluding carboxylic acids is 2. The molecule has 7 nitrogen and oxygen atoms in total. The van der Waals surface area contributed by atoms with Gasteiger partial charge in [-0.3, -0.25) is 13.9 Å². The summed E-state index contributed by atoms with van der Waals surface area (Å²) in [6, 6.07) is 10.1. The van der Waals surface area contributed by atoms with Crippen molar-refractivity contribution in [3.05, 3.63) is 63.1 Å². The van der Waals surface area contributed by atoms with Crippen molar-refractivity contribution in [2.75, 3.05) is 23.7 Å². The first kappa shape index (κ1) is 31.9. The summed E-state index contributed by atoms with van der Waals surface area (Å²) < 4.78 is 26.5. The van der Waals surface area contributed by atoms with Crippen LogP contribution in [0, 0.1) is 13.8 Å². The number of nitrogens with zero attached hydrogens (tertiary/aromatic N) is 2. The van der Waals surface area contributed by atoms with Gasteiger partial charge in [-0.2, -0.15) is 0 Å². The molecule has 0 bridgehead atoms. The normalized spacial score (nSPS) is 12.2. The maximum atomic E-state index is 13.5. The summed E-state index contributed by atoms with van der Waals surface area (Å²) in [5.74, 6) is -0.440. The molecule has 10 heteroatoms. The Morgan fingerprint density at radius 1 is 0.974 bits per heavy atom. The third-order valence-corrected chi connectivity index (χ3v) is 8.13. The fourth-order valence-corrected chi connectivity index (χ4v) is 5.63. The molecule has 2 aromatic carbocycles. The Morgan fingerprint density at radius 3 is 2.18 bits per heavy atom. The summed E-state index contributed by atoms with van der Waals surface area (Å²) in [5, 5.41) is 3.71. The predicted octanol–water partition coefficient (Wildman–Crippen LogP) is 5.88. The molecule has 0 radical (unpaired) electrons. The van der Waals surface area contributed by atoms with E-state index >= 15 is 0 Å². The standard InChI is InChI=1S/C28H39Cl2N3O4S/c1-6-8-13-31-28(35)26(7-2)32(19-22-11-12-24(29)25(30)18-22)27(34)10-9-14-33(38(5,36)37)23-16-20(3)15-21(4)17-23/h11-12,15-18,26H,6-10,13-14,19H2,1-5H3,(H,31,35)/t26-/m1/s1. The maximum Gasteiger partial charge on any atom is 0.242 e. The minimum Gasteiger partial charge on any atom is -0.354 e. The number of rotatable bonds is 14. The molecule has 0 spiro atoms. The highest BCUT2D eigenvalue weighted by molar-refractivity contribution is 7.92. The zero-order valence-corrected chi connectivity index (χ0v) is 25.2. The van der Waals surface area contributed by atoms with Gasteiger partial charge in [0.1, 0.15) is 6.04 Å². The van der Waals surface area contributed by atoms with Crippen LogP contribution in [0.15, 0.2) is 36.4 Å². The smallest absolute Gasteiger partial charge is 0.242 e. The molecular formula is C28H39Cl2N3O4S. The van der Waals surface area contributed by atoms with Crippen molar-refractivity contribution in [3.8, 4) is 0 Å². The molecule has 0 fully saturated rings. The number of sulfonamides is 1. The van der Waals surface area contributed by atoms with Gasteiger partial charge in [-0.25, -0.2) is 8.42 Å². The lowest BCUT2D eigenvalue weighted by atomic mass is 10.1. The summed E-state index contributed by atoms with van der Waals surface area (Å²) in [6.07, 6.45) is 3.77. The first-order valence-electron chi connectivity index (χ1n) is 12.9. The van der Waals surface area contributed by atoms with Crippen LogP contribution in [0.4, 0.5) is 5.69 Å². The Hall–Kier alpha value is -2.29. The lowest BCUT2D eigenvalue weighted by Gasteiger charge is -2.31. The molecule has 0 heterocycles. The van der Waals surface area contributed by atoms with Crippen molar-refractivity contribution in [3.63, 3.8) is 0 Å². The second-order valence-electron chi connectivity index (χ2n) is 9.62. The van der Waals surface area contributed by atoms with Gasteiger partial charge in [0.15, 0.2) is 0 Å². The lowest BCUT2D eigenvalue weighted by molar-refractivity contribution is -0.141. The highest BCUT2D eigenvalue weighted by Gasteiger charge is 2.29. The highest BCUT2D eigenvalue weighted by atomic mass is 35.5. The van der Waals surface area contributed by atoms with E-state index in [1.54, 1.807) is 23.1 Å². The fraction of sp³-hybridized carbons (Fsp3) is 0.500. The monoisotopic (exact) mass is 583 g/mol. The van der Waals surface area contributed by atoms with Gasteiger partial charge in [0, 0.05) is 26.1 Å². The largest absolute Gasteiger partial charge is 0.354 e.